The van der Waals surface area contributed by atoms with E-state index in [1.807, 2.05) is 35.0 Å². The number of nitrogens with one attached hydrogen (secondary N) is 1. The van der Waals surface area contributed by atoms with Crippen LogP contribution in [0.3, 0.4) is 0 Å². The number of rotatable bonds is 5. The van der Waals surface area contributed by atoms with Crippen molar-refractivity contribution in [1.29, 1.82) is 0 Å². The summed E-state index contributed by atoms with van der Waals surface area (Å²) in [6, 6.07) is 7.94. The van der Waals surface area contributed by atoms with Gasteiger partial charge in [-0.2, -0.15) is 9.83 Å². The number of hydrogen-bond acceptors (Lipinski definition) is 4. The first-order chi connectivity index (χ1) is 9.81. The molecule has 1 N–H and O–H groups in total. The zero-order chi connectivity index (χ0) is 13.9. The first kappa shape index (κ1) is 12.9. The molecule has 0 spiro atoms. The van der Waals surface area contributed by atoms with Gasteiger partial charge in [0, 0.05) is 18.7 Å². The molecule has 2 heterocycles. The molecule has 0 radical (unpaired) electrons. The number of hydrogen-bond donors (Lipinski definition) is 1. The highest BCUT2D eigenvalue weighted by Crippen LogP contribution is 2.22. The number of fused-ring (bicyclic) bond motifs is 1. The number of aromatic nitrogens is 4. The van der Waals surface area contributed by atoms with E-state index in [0.717, 1.165) is 16.6 Å². The zero-order valence-electron chi connectivity index (χ0n) is 10.9. The van der Waals surface area contributed by atoms with Gasteiger partial charge in [-0.25, -0.2) is 0 Å². The molecular weight excluding hydrogens is 276 g/mol. The maximum Gasteiger partial charge on any atom is 0.199 e. The molecule has 0 amide bonds. The summed E-state index contributed by atoms with van der Waals surface area (Å²) in [4.78, 5) is 5.64. The smallest absolute Gasteiger partial charge is 0.199 e. The lowest BCUT2D eigenvalue weighted by Gasteiger charge is -2.08. The second-order valence-electron chi connectivity index (χ2n) is 4.21. The Kier molecular flexibility index (Phi) is 3.53. The second kappa shape index (κ2) is 5.48. The fourth-order valence-electron chi connectivity index (χ4n) is 2.09. The highest BCUT2D eigenvalue weighted by molar-refractivity contribution is 7.71. The Morgan fingerprint density at radius 1 is 1.30 bits per heavy atom. The maximum atomic E-state index is 5.64. The van der Waals surface area contributed by atoms with Crippen molar-refractivity contribution in [2.45, 2.75) is 0 Å². The molecule has 0 aliphatic heterocycles. The van der Waals surface area contributed by atoms with Gasteiger partial charge in [0.1, 0.15) is 12.9 Å². The number of benzene rings is 1. The van der Waals surface area contributed by atoms with Gasteiger partial charge in [0.05, 0.1) is 17.8 Å². The molecule has 0 bridgehead atoms. The standard InChI is InChI=1S/C13H14N4O2S/c1-18-7-8-19-17-6-5-10-11(3-2-4-12(10)17)16-9-14-15-13(16)20/h2-6,9H,7-8H2,1H3,(H,15,20). The van der Waals surface area contributed by atoms with Crippen molar-refractivity contribution < 1.29 is 9.57 Å². The Hall–Kier alpha value is -2.12. The molecule has 3 aromatic rings. The second-order valence-corrected chi connectivity index (χ2v) is 4.60. The molecule has 7 heteroatoms. The molecule has 0 aliphatic carbocycles. The quantitative estimate of drug-likeness (QED) is 0.576. The van der Waals surface area contributed by atoms with Crippen LogP contribution in [0.5, 0.6) is 0 Å². The van der Waals surface area contributed by atoms with E-state index in [0.29, 0.717) is 18.0 Å². The number of aromatic amines is 1. The Morgan fingerprint density at radius 3 is 2.95 bits per heavy atom. The summed E-state index contributed by atoms with van der Waals surface area (Å²) in [6.07, 6.45) is 3.55. The molecule has 0 fully saturated rings. The molecule has 2 aromatic heterocycles. The molecule has 1 aromatic carbocycles. The van der Waals surface area contributed by atoms with E-state index in [2.05, 4.69) is 10.2 Å². The topological polar surface area (TPSA) is 57.0 Å². The first-order valence-corrected chi connectivity index (χ1v) is 6.57. The lowest BCUT2D eigenvalue weighted by molar-refractivity contribution is 0.0639. The average Bonchev–Trinajstić information content (AvgIpc) is 3.06. The van der Waals surface area contributed by atoms with E-state index >= 15 is 0 Å². The highest BCUT2D eigenvalue weighted by Gasteiger charge is 2.08. The number of nitrogens with zero attached hydrogens (tertiary/aromatic N) is 3. The lowest BCUT2D eigenvalue weighted by atomic mass is 10.2. The monoisotopic (exact) mass is 290 g/mol. The van der Waals surface area contributed by atoms with Crippen LogP contribution >= 0.6 is 12.2 Å². The van der Waals surface area contributed by atoms with Gasteiger partial charge in [0.15, 0.2) is 4.77 Å². The Bertz CT molecular complexity index is 774. The Labute approximate surface area is 120 Å². The molecule has 0 saturated carbocycles. The van der Waals surface area contributed by atoms with E-state index < -0.39 is 0 Å². The SMILES string of the molecule is COCCOn1ccc2c(-n3cn[nH]c3=S)cccc21. The van der Waals surface area contributed by atoms with Crippen LogP contribution < -0.4 is 4.84 Å². The molecule has 3 rings (SSSR count). The highest BCUT2D eigenvalue weighted by atomic mass is 32.1. The third-order valence-electron chi connectivity index (χ3n) is 3.00. The third-order valence-corrected chi connectivity index (χ3v) is 3.29. The molecule has 0 unspecified atom stereocenters. The summed E-state index contributed by atoms with van der Waals surface area (Å²) in [5, 5.41) is 7.75. The lowest BCUT2D eigenvalue weighted by Crippen LogP contribution is -2.15. The van der Waals surface area contributed by atoms with Crippen LogP contribution in [0.1, 0.15) is 0 Å². The van der Waals surface area contributed by atoms with Gasteiger partial charge in [-0.3, -0.25) is 9.67 Å². The van der Waals surface area contributed by atoms with E-state index in [1.165, 1.54) is 0 Å². The van der Waals surface area contributed by atoms with Gasteiger partial charge >= 0.3 is 0 Å². The van der Waals surface area contributed by atoms with Gasteiger partial charge < -0.3 is 9.57 Å². The van der Waals surface area contributed by atoms with E-state index in [1.54, 1.807) is 18.2 Å². The van der Waals surface area contributed by atoms with Gasteiger partial charge in [-0.05, 0) is 30.4 Å². The summed E-state index contributed by atoms with van der Waals surface area (Å²) in [6.45, 7) is 1.04. The van der Waals surface area contributed by atoms with Gasteiger partial charge in [-0.15, -0.1) is 0 Å². The van der Waals surface area contributed by atoms with Crippen LogP contribution in [0, 0.1) is 4.77 Å². The predicted octanol–water partition coefficient (Wildman–Crippen LogP) is 1.96. The van der Waals surface area contributed by atoms with E-state index in [4.69, 9.17) is 21.8 Å². The van der Waals surface area contributed by atoms with Crippen molar-refractivity contribution in [2.24, 2.45) is 0 Å². The molecule has 0 saturated heterocycles. The van der Waals surface area contributed by atoms with E-state index in [9.17, 15) is 0 Å². The zero-order valence-corrected chi connectivity index (χ0v) is 11.8. The predicted molar refractivity (Wildman–Crippen MR) is 77.6 cm³/mol. The van der Waals surface area contributed by atoms with Gasteiger partial charge in [0.2, 0.25) is 0 Å². The number of H-pyrrole nitrogens is 1. The van der Waals surface area contributed by atoms with Crippen LogP contribution in [0.25, 0.3) is 16.6 Å². The van der Waals surface area contributed by atoms with Crippen LogP contribution in [-0.4, -0.2) is 39.8 Å². The third kappa shape index (κ3) is 2.21. The van der Waals surface area contributed by atoms with Crippen molar-refractivity contribution in [3.63, 3.8) is 0 Å². The Balaban J connectivity index is 2.04. The van der Waals surface area contributed by atoms with Crippen LogP contribution in [0.4, 0.5) is 0 Å². The minimum atomic E-state index is 0.496. The van der Waals surface area contributed by atoms with Gasteiger partial charge in [0.25, 0.3) is 0 Å². The van der Waals surface area contributed by atoms with Crippen molar-refractivity contribution in [1.82, 2.24) is 19.5 Å². The van der Waals surface area contributed by atoms with Crippen molar-refractivity contribution in [3.8, 4) is 5.69 Å². The summed E-state index contributed by atoms with van der Waals surface area (Å²) in [5.41, 5.74) is 1.94. The minimum absolute atomic E-state index is 0.496. The number of methoxy groups -OCH3 is 1. The van der Waals surface area contributed by atoms with Crippen LogP contribution in [0.2, 0.25) is 0 Å². The fourth-order valence-corrected chi connectivity index (χ4v) is 2.29. The van der Waals surface area contributed by atoms with Crippen molar-refractivity contribution in [3.05, 3.63) is 41.6 Å². The Morgan fingerprint density at radius 2 is 2.20 bits per heavy atom. The van der Waals surface area contributed by atoms with Gasteiger partial charge in [-0.1, -0.05) is 6.07 Å². The first-order valence-electron chi connectivity index (χ1n) is 6.16. The largest absolute Gasteiger partial charge is 0.411 e. The normalized spacial score (nSPS) is 11.1. The molecule has 6 nitrogen and oxygen atoms in total. The molecule has 104 valence electrons. The maximum absolute atomic E-state index is 5.64. The molecule has 0 atom stereocenters. The van der Waals surface area contributed by atoms with E-state index in [-0.39, 0.29) is 0 Å². The summed E-state index contributed by atoms with van der Waals surface area (Å²) >= 11 is 5.21. The average molecular weight is 290 g/mol. The van der Waals surface area contributed by atoms with Crippen molar-refractivity contribution in [2.75, 3.05) is 20.3 Å². The molecule has 0 aliphatic rings. The molecule has 20 heavy (non-hydrogen) atoms. The minimum Gasteiger partial charge on any atom is -0.411 e. The van der Waals surface area contributed by atoms with Crippen LogP contribution in [0.15, 0.2) is 36.8 Å². The fraction of sp³-hybridized carbons (Fsp3) is 0.231. The summed E-state index contributed by atoms with van der Waals surface area (Å²) in [5.74, 6) is 0. The number of ether oxygens (including phenoxy) is 1. The summed E-state index contributed by atoms with van der Waals surface area (Å²) < 4.78 is 9.11. The summed E-state index contributed by atoms with van der Waals surface area (Å²) in [7, 11) is 1.65. The van der Waals surface area contributed by atoms with Crippen LogP contribution in [-0.2, 0) is 4.74 Å². The molecular formula is C13H14N4O2S. The van der Waals surface area contributed by atoms with Crippen molar-refractivity contribution >= 4 is 23.1 Å².